The average Bonchev–Trinajstić information content (AvgIpc) is 2.63. The maximum absolute atomic E-state index is 5.11. The summed E-state index contributed by atoms with van der Waals surface area (Å²) >= 11 is 1.73. The molecule has 1 aromatic rings. The summed E-state index contributed by atoms with van der Waals surface area (Å²) in [6.07, 6.45) is 1.07. The van der Waals surface area contributed by atoms with Crippen molar-refractivity contribution in [2.75, 3.05) is 20.8 Å². The summed E-state index contributed by atoms with van der Waals surface area (Å²) in [5, 5.41) is 3.37. The van der Waals surface area contributed by atoms with Gasteiger partial charge in [0.15, 0.2) is 0 Å². The first-order chi connectivity index (χ1) is 7.20. The minimum atomic E-state index is 0.396. The highest BCUT2D eigenvalue weighted by molar-refractivity contribution is 7.09. The standard InChI is InChI=1S/C11H20N2OS/c1-8(5-6-14-4)10(12-3)11-9(2)13-7-15-11/h7-8,10,12H,5-6H2,1-4H3. The van der Waals surface area contributed by atoms with Crippen molar-refractivity contribution < 1.29 is 4.74 Å². The molecule has 0 bridgehead atoms. The van der Waals surface area contributed by atoms with E-state index < -0.39 is 0 Å². The molecule has 0 aromatic carbocycles. The van der Waals surface area contributed by atoms with Crippen molar-refractivity contribution in [3.05, 3.63) is 16.1 Å². The molecule has 0 fully saturated rings. The van der Waals surface area contributed by atoms with E-state index in [0.29, 0.717) is 12.0 Å². The van der Waals surface area contributed by atoms with Gasteiger partial charge in [0, 0.05) is 24.6 Å². The van der Waals surface area contributed by atoms with Crippen molar-refractivity contribution in [2.45, 2.75) is 26.3 Å². The fourth-order valence-corrected chi connectivity index (χ4v) is 2.80. The highest BCUT2D eigenvalue weighted by Crippen LogP contribution is 2.29. The van der Waals surface area contributed by atoms with Crippen LogP contribution in [0.1, 0.15) is 30.0 Å². The zero-order valence-electron chi connectivity index (χ0n) is 9.91. The van der Waals surface area contributed by atoms with E-state index >= 15 is 0 Å². The van der Waals surface area contributed by atoms with Crippen LogP contribution in [0.2, 0.25) is 0 Å². The lowest BCUT2D eigenvalue weighted by Gasteiger charge is -2.22. The summed E-state index contributed by atoms with van der Waals surface area (Å²) in [6.45, 7) is 5.13. The average molecular weight is 228 g/mol. The molecular weight excluding hydrogens is 208 g/mol. The van der Waals surface area contributed by atoms with Gasteiger partial charge in [-0.1, -0.05) is 6.92 Å². The first-order valence-corrected chi connectivity index (χ1v) is 6.14. The van der Waals surface area contributed by atoms with E-state index in [9.17, 15) is 0 Å². The van der Waals surface area contributed by atoms with Crippen LogP contribution in [0.5, 0.6) is 0 Å². The molecule has 0 spiro atoms. The second kappa shape index (κ2) is 6.20. The van der Waals surface area contributed by atoms with E-state index in [4.69, 9.17) is 4.74 Å². The van der Waals surface area contributed by atoms with Gasteiger partial charge in [0.2, 0.25) is 0 Å². The maximum Gasteiger partial charge on any atom is 0.0798 e. The van der Waals surface area contributed by atoms with Crippen LogP contribution in [-0.4, -0.2) is 25.7 Å². The number of nitrogens with zero attached hydrogens (tertiary/aromatic N) is 1. The topological polar surface area (TPSA) is 34.2 Å². The van der Waals surface area contributed by atoms with Crippen molar-refractivity contribution in [1.29, 1.82) is 0 Å². The highest BCUT2D eigenvalue weighted by atomic mass is 32.1. The summed E-state index contributed by atoms with van der Waals surface area (Å²) in [5.41, 5.74) is 3.06. The molecule has 0 aliphatic heterocycles. The van der Waals surface area contributed by atoms with Gasteiger partial charge >= 0.3 is 0 Å². The van der Waals surface area contributed by atoms with Gasteiger partial charge in [0.1, 0.15) is 0 Å². The smallest absolute Gasteiger partial charge is 0.0798 e. The van der Waals surface area contributed by atoms with E-state index in [2.05, 4.69) is 24.1 Å². The molecule has 1 rings (SSSR count). The lowest BCUT2D eigenvalue weighted by molar-refractivity contribution is 0.171. The Morgan fingerprint density at radius 2 is 2.33 bits per heavy atom. The zero-order valence-corrected chi connectivity index (χ0v) is 10.7. The molecule has 0 aliphatic rings. The normalized spacial score (nSPS) is 15.2. The summed E-state index contributed by atoms with van der Waals surface area (Å²) in [5.74, 6) is 0.564. The number of hydrogen-bond donors (Lipinski definition) is 1. The van der Waals surface area contributed by atoms with Crippen LogP contribution in [-0.2, 0) is 4.74 Å². The zero-order chi connectivity index (χ0) is 11.3. The Labute approximate surface area is 95.9 Å². The van der Waals surface area contributed by atoms with E-state index in [0.717, 1.165) is 18.7 Å². The number of thiazole rings is 1. The third-order valence-electron chi connectivity index (χ3n) is 2.72. The predicted molar refractivity (Wildman–Crippen MR) is 64.3 cm³/mol. The quantitative estimate of drug-likeness (QED) is 0.811. The van der Waals surface area contributed by atoms with Crippen molar-refractivity contribution in [3.8, 4) is 0 Å². The lowest BCUT2D eigenvalue weighted by atomic mass is 9.97. The Hall–Kier alpha value is -0.450. The van der Waals surface area contributed by atoms with Gasteiger partial charge in [-0.15, -0.1) is 11.3 Å². The van der Waals surface area contributed by atoms with Gasteiger partial charge in [-0.2, -0.15) is 0 Å². The van der Waals surface area contributed by atoms with Gasteiger partial charge in [0.25, 0.3) is 0 Å². The molecule has 86 valence electrons. The molecule has 0 saturated carbocycles. The first-order valence-electron chi connectivity index (χ1n) is 5.26. The fraction of sp³-hybridized carbons (Fsp3) is 0.727. The van der Waals surface area contributed by atoms with Crippen molar-refractivity contribution in [2.24, 2.45) is 5.92 Å². The van der Waals surface area contributed by atoms with Crippen molar-refractivity contribution >= 4 is 11.3 Å². The molecule has 15 heavy (non-hydrogen) atoms. The summed E-state index contributed by atoms with van der Waals surface area (Å²) < 4.78 is 5.11. The van der Waals surface area contributed by atoms with E-state index in [1.165, 1.54) is 4.88 Å². The van der Waals surface area contributed by atoms with Gasteiger partial charge in [-0.05, 0) is 26.3 Å². The first kappa shape index (κ1) is 12.6. The second-order valence-electron chi connectivity index (χ2n) is 3.83. The molecule has 2 unspecified atom stereocenters. The van der Waals surface area contributed by atoms with Crippen LogP contribution < -0.4 is 5.32 Å². The number of rotatable bonds is 6. The Kier molecular flexibility index (Phi) is 5.22. The summed E-state index contributed by atoms with van der Waals surface area (Å²) in [4.78, 5) is 5.64. The third kappa shape index (κ3) is 3.26. The number of hydrogen-bond acceptors (Lipinski definition) is 4. The number of aromatic nitrogens is 1. The lowest BCUT2D eigenvalue weighted by Crippen LogP contribution is -2.24. The minimum Gasteiger partial charge on any atom is -0.385 e. The van der Waals surface area contributed by atoms with E-state index in [-0.39, 0.29) is 0 Å². The number of aryl methyl sites for hydroxylation is 1. The summed E-state index contributed by atoms with van der Waals surface area (Å²) in [7, 11) is 3.76. The molecule has 0 amide bonds. The molecule has 0 radical (unpaired) electrons. The van der Waals surface area contributed by atoms with Gasteiger partial charge < -0.3 is 10.1 Å². The van der Waals surface area contributed by atoms with Crippen LogP contribution in [0.15, 0.2) is 5.51 Å². The van der Waals surface area contributed by atoms with E-state index in [1.807, 2.05) is 12.6 Å². The Bertz CT molecular complexity index is 288. The Balaban J connectivity index is 2.67. The molecule has 2 atom stereocenters. The molecule has 3 nitrogen and oxygen atoms in total. The number of ether oxygens (including phenoxy) is 1. The number of methoxy groups -OCH3 is 1. The van der Waals surface area contributed by atoms with Gasteiger partial charge in [0.05, 0.1) is 11.2 Å². The highest BCUT2D eigenvalue weighted by Gasteiger charge is 2.20. The van der Waals surface area contributed by atoms with Crippen molar-refractivity contribution in [3.63, 3.8) is 0 Å². The van der Waals surface area contributed by atoms with Crippen LogP contribution in [0.25, 0.3) is 0 Å². The molecule has 1 heterocycles. The van der Waals surface area contributed by atoms with Crippen LogP contribution in [0, 0.1) is 12.8 Å². The van der Waals surface area contributed by atoms with Crippen LogP contribution >= 0.6 is 11.3 Å². The number of nitrogens with one attached hydrogen (secondary N) is 1. The maximum atomic E-state index is 5.11. The van der Waals surface area contributed by atoms with Crippen LogP contribution in [0.3, 0.4) is 0 Å². The molecule has 0 saturated heterocycles. The largest absolute Gasteiger partial charge is 0.385 e. The second-order valence-corrected chi connectivity index (χ2v) is 4.71. The Morgan fingerprint density at radius 1 is 1.60 bits per heavy atom. The van der Waals surface area contributed by atoms with Gasteiger partial charge in [-0.3, -0.25) is 0 Å². The van der Waals surface area contributed by atoms with Gasteiger partial charge in [-0.25, -0.2) is 4.98 Å². The minimum absolute atomic E-state index is 0.396. The molecule has 0 aliphatic carbocycles. The summed E-state index contributed by atoms with van der Waals surface area (Å²) in [6, 6.07) is 0.396. The fourth-order valence-electron chi connectivity index (χ4n) is 1.75. The SMILES string of the molecule is CNC(c1scnc1C)C(C)CCOC. The predicted octanol–water partition coefficient (Wildman–Crippen LogP) is 2.38. The third-order valence-corrected chi connectivity index (χ3v) is 3.74. The van der Waals surface area contributed by atoms with E-state index in [1.54, 1.807) is 18.4 Å². The van der Waals surface area contributed by atoms with Crippen LogP contribution in [0.4, 0.5) is 0 Å². The molecule has 1 aromatic heterocycles. The van der Waals surface area contributed by atoms with Crippen molar-refractivity contribution in [1.82, 2.24) is 10.3 Å². The molecule has 4 heteroatoms. The molecular formula is C11H20N2OS. The molecule has 1 N–H and O–H groups in total. The Morgan fingerprint density at radius 3 is 2.80 bits per heavy atom. The monoisotopic (exact) mass is 228 g/mol.